The van der Waals surface area contributed by atoms with Gasteiger partial charge in [-0.05, 0) is 6.92 Å². The van der Waals surface area contributed by atoms with Gasteiger partial charge >= 0.3 is 24.0 Å². The molecule has 0 aromatic rings. The van der Waals surface area contributed by atoms with E-state index in [9.17, 15) is 35.5 Å². The Kier molecular flexibility index (Phi) is 4.19. The van der Waals surface area contributed by atoms with Crippen molar-refractivity contribution in [1.29, 1.82) is 0 Å². The Morgan fingerprint density at radius 3 is 1.65 bits per heavy atom. The summed E-state index contributed by atoms with van der Waals surface area (Å²) in [4.78, 5) is 10.6. The van der Waals surface area contributed by atoms with E-state index < -0.39 is 36.2 Å². The fourth-order valence-corrected chi connectivity index (χ4v) is 0.613. The van der Waals surface area contributed by atoms with Gasteiger partial charge in [0.25, 0.3) is 0 Å². The fraction of sp³-hybridized carbons (Fsp3) is 0.625. The van der Waals surface area contributed by atoms with Crippen molar-refractivity contribution in [2.45, 2.75) is 24.9 Å². The van der Waals surface area contributed by atoms with Crippen molar-refractivity contribution < 1.29 is 40.3 Å². The molecule has 0 atom stereocenters. The summed E-state index contributed by atoms with van der Waals surface area (Å²) in [5, 5.41) is 0. The standard InChI is InChI=1S/C8H7F7O2/c1-4(2)5(16)17-3-6(9,7(10,11)12)8(13,14)15/h1,3H2,2H3. The number of esters is 1. The second-order valence-electron chi connectivity index (χ2n) is 3.15. The van der Waals surface area contributed by atoms with Crippen LogP contribution < -0.4 is 0 Å². The minimum atomic E-state index is -6.24. The van der Waals surface area contributed by atoms with E-state index in [1.165, 1.54) is 0 Å². The van der Waals surface area contributed by atoms with E-state index in [4.69, 9.17) is 0 Å². The van der Waals surface area contributed by atoms with Gasteiger partial charge in [0, 0.05) is 5.57 Å². The smallest absolute Gasteiger partial charge is 0.435 e. The quantitative estimate of drug-likeness (QED) is 0.447. The van der Waals surface area contributed by atoms with Gasteiger partial charge in [-0.3, -0.25) is 0 Å². The van der Waals surface area contributed by atoms with Gasteiger partial charge in [0.05, 0.1) is 0 Å². The highest BCUT2D eigenvalue weighted by Crippen LogP contribution is 2.46. The first-order chi connectivity index (χ1) is 7.33. The predicted molar refractivity (Wildman–Crippen MR) is 41.7 cm³/mol. The van der Waals surface area contributed by atoms with Crippen molar-refractivity contribution in [3.05, 3.63) is 12.2 Å². The molecule has 0 spiro atoms. The number of hydrogen-bond donors (Lipinski definition) is 0. The Morgan fingerprint density at radius 1 is 1.06 bits per heavy atom. The van der Waals surface area contributed by atoms with Crippen LogP contribution in [0.4, 0.5) is 30.7 Å². The molecule has 2 nitrogen and oxygen atoms in total. The molecule has 0 bridgehead atoms. The molecule has 0 aliphatic heterocycles. The van der Waals surface area contributed by atoms with Gasteiger partial charge in [0.15, 0.2) is 0 Å². The molecule has 9 heteroatoms. The van der Waals surface area contributed by atoms with Crippen LogP contribution in [0.5, 0.6) is 0 Å². The van der Waals surface area contributed by atoms with Crippen LogP contribution in [0.2, 0.25) is 0 Å². The largest absolute Gasteiger partial charge is 0.458 e. The summed E-state index contributed by atoms with van der Waals surface area (Å²) >= 11 is 0. The topological polar surface area (TPSA) is 26.3 Å². The maximum absolute atomic E-state index is 12.9. The van der Waals surface area contributed by atoms with E-state index >= 15 is 0 Å². The number of alkyl halides is 7. The van der Waals surface area contributed by atoms with Crippen LogP contribution in [0.15, 0.2) is 12.2 Å². The molecule has 0 saturated heterocycles. The lowest BCUT2D eigenvalue weighted by Crippen LogP contribution is -2.56. The number of carbonyl (C=O) groups excluding carboxylic acids is 1. The molecule has 0 aliphatic rings. The average molecular weight is 268 g/mol. The third-order valence-electron chi connectivity index (χ3n) is 1.65. The number of halogens is 7. The third kappa shape index (κ3) is 3.34. The molecular formula is C8H7F7O2. The van der Waals surface area contributed by atoms with Gasteiger partial charge in [-0.1, -0.05) is 6.58 Å². The number of hydrogen-bond acceptors (Lipinski definition) is 2. The van der Waals surface area contributed by atoms with Gasteiger partial charge in [-0.15, -0.1) is 0 Å². The van der Waals surface area contributed by atoms with Crippen LogP contribution in [-0.4, -0.2) is 30.6 Å². The maximum Gasteiger partial charge on any atom is 0.435 e. The average Bonchev–Trinajstić information content (AvgIpc) is 2.09. The number of rotatable bonds is 3. The lowest BCUT2D eigenvalue weighted by Gasteiger charge is -2.29. The Balaban J connectivity index is 5.01. The number of ether oxygens (including phenoxy) is 1. The molecule has 0 N–H and O–H groups in total. The molecule has 0 heterocycles. The summed E-state index contributed by atoms with van der Waals surface area (Å²) in [6.45, 7) is 1.42. The zero-order valence-corrected chi connectivity index (χ0v) is 8.38. The first kappa shape index (κ1) is 15.7. The molecule has 0 aliphatic carbocycles. The van der Waals surface area contributed by atoms with Crippen molar-refractivity contribution in [1.82, 2.24) is 0 Å². The first-order valence-corrected chi connectivity index (χ1v) is 3.98. The van der Waals surface area contributed by atoms with Gasteiger partial charge in [0.2, 0.25) is 0 Å². The zero-order valence-electron chi connectivity index (χ0n) is 8.38. The molecular weight excluding hydrogens is 261 g/mol. The van der Waals surface area contributed by atoms with Crippen LogP contribution in [0, 0.1) is 0 Å². The molecule has 0 aromatic carbocycles. The summed E-state index contributed by atoms with van der Waals surface area (Å²) in [6, 6.07) is 0. The van der Waals surface area contributed by atoms with Gasteiger partial charge in [-0.25, -0.2) is 9.18 Å². The Labute approximate surface area is 91.0 Å². The van der Waals surface area contributed by atoms with E-state index in [2.05, 4.69) is 11.3 Å². The van der Waals surface area contributed by atoms with Crippen LogP contribution >= 0.6 is 0 Å². The molecule has 0 saturated carbocycles. The summed E-state index contributed by atoms with van der Waals surface area (Å²) in [5.41, 5.74) is -6.04. The highest BCUT2D eigenvalue weighted by molar-refractivity contribution is 5.86. The second kappa shape index (κ2) is 4.53. The predicted octanol–water partition coefficient (Wildman–Crippen LogP) is 2.94. The minimum Gasteiger partial charge on any atom is -0.458 e. The van der Waals surface area contributed by atoms with E-state index in [1.54, 1.807) is 0 Å². The Hall–Kier alpha value is -1.28. The second-order valence-corrected chi connectivity index (χ2v) is 3.15. The van der Waals surface area contributed by atoms with E-state index in [0.717, 1.165) is 6.92 Å². The van der Waals surface area contributed by atoms with Gasteiger partial charge < -0.3 is 4.74 Å². The molecule has 0 unspecified atom stereocenters. The van der Waals surface area contributed by atoms with Crippen LogP contribution in [0.25, 0.3) is 0 Å². The van der Waals surface area contributed by atoms with Crippen LogP contribution in [-0.2, 0) is 9.53 Å². The summed E-state index contributed by atoms with van der Waals surface area (Å²) in [7, 11) is 0. The monoisotopic (exact) mass is 268 g/mol. The first-order valence-electron chi connectivity index (χ1n) is 3.98. The number of carbonyl (C=O) groups is 1. The summed E-state index contributed by atoms with van der Waals surface area (Å²) in [6.07, 6.45) is -12.5. The highest BCUT2D eigenvalue weighted by atomic mass is 19.4. The van der Waals surface area contributed by atoms with Crippen LogP contribution in [0.1, 0.15) is 6.92 Å². The maximum atomic E-state index is 12.9. The zero-order chi connectivity index (χ0) is 14.1. The SMILES string of the molecule is C=C(C)C(=O)OCC(F)(C(F)(F)F)C(F)(F)F. The third-order valence-corrected chi connectivity index (χ3v) is 1.65. The molecule has 100 valence electrons. The Bertz CT molecular complexity index is 301. The fourth-order valence-electron chi connectivity index (χ4n) is 0.613. The molecule has 0 radical (unpaired) electrons. The summed E-state index contributed by atoms with van der Waals surface area (Å²) < 4.78 is 88.1. The lowest BCUT2D eigenvalue weighted by molar-refractivity contribution is -0.349. The normalized spacial score (nSPS) is 13.4. The molecule has 0 aromatic heterocycles. The molecule has 17 heavy (non-hydrogen) atoms. The molecule has 0 amide bonds. The van der Waals surface area contributed by atoms with Crippen LogP contribution in [0.3, 0.4) is 0 Å². The van der Waals surface area contributed by atoms with Gasteiger partial charge in [-0.2, -0.15) is 26.3 Å². The van der Waals surface area contributed by atoms with E-state index in [-0.39, 0.29) is 0 Å². The van der Waals surface area contributed by atoms with E-state index in [0.29, 0.717) is 0 Å². The van der Waals surface area contributed by atoms with Crippen molar-refractivity contribution >= 4 is 5.97 Å². The van der Waals surface area contributed by atoms with Crippen molar-refractivity contribution in [3.63, 3.8) is 0 Å². The summed E-state index contributed by atoms with van der Waals surface area (Å²) in [5.74, 6) is -1.54. The van der Waals surface area contributed by atoms with E-state index in [1.807, 2.05) is 0 Å². The highest BCUT2D eigenvalue weighted by Gasteiger charge is 2.73. The van der Waals surface area contributed by atoms with Crippen molar-refractivity contribution in [3.8, 4) is 0 Å². The lowest BCUT2D eigenvalue weighted by atomic mass is 10.1. The molecule has 0 rings (SSSR count). The molecule has 0 fully saturated rings. The van der Waals surface area contributed by atoms with Gasteiger partial charge in [0.1, 0.15) is 6.61 Å². The van der Waals surface area contributed by atoms with Crippen molar-refractivity contribution in [2.24, 2.45) is 0 Å². The minimum absolute atomic E-state index is 0.448. The Morgan fingerprint density at radius 2 is 1.41 bits per heavy atom. The van der Waals surface area contributed by atoms with Crippen molar-refractivity contribution in [2.75, 3.05) is 6.61 Å².